The number of hydrogen-bond donors (Lipinski definition) is 2. The van der Waals surface area contributed by atoms with Crippen molar-refractivity contribution in [1.29, 1.82) is 0 Å². The van der Waals surface area contributed by atoms with Gasteiger partial charge < -0.3 is 10.4 Å². The largest absolute Gasteiger partial charge is 0.393 e. The molecule has 0 bridgehead atoms. The van der Waals surface area contributed by atoms with E-state index in [0.717, 1.165) is 38.5 Å². The number of carbonyl (C=O) groups excluding carboxylic acids is 2. The number of ketones is 1. The zero-order chi connectivity index (χ0) is 23.4. The van der Waals surface area contributed by atoms with Gasteiger partial charge in [0.25, 0.3) is 0 Å². The third-order valence-electron chi connectivity index (χ3n) is 10.7. The van der Waals surface area contributed by atoms with Crippen molar-refractivity contribution in [3.8, 4) is 0 Å². The number of Topliss-reactive ketones (excluding diaryl/α,β-unsaturated/α-hetero) is 1. The second-order valence-electron chi connectivity index (χ2n) is 12.3. The van der Waals surface area contributed by atoms with Gasteiger partial charge in [-0.25, -0.2) is 0 Å². The van der Waals surface area contributed by atoms with E-state index < -0.39 is 0 Å². The van der Waals surface area contributed by atoms with Crippen LogP contribution >= 0.6 is 11.3 Å². The van der Waals surface area contributed by atoms with Gasteiger partial charge in [0, 0.05) is 23.6 Å². The van der Waals surface area contributed by atoms with Crippen LogP contribution in [0.2, 0.25) is 0 Å². The molecule has 9 atom stereocenters. The Kier molecular flexibility index (Phi) is 6.27. The first kappa shape index (κ1) is 23.5. The minimum Gasteiger partial charge on any atom is -0.393 e. The van der Waals surface area contributed by atoms with Crippen LogP contribution in [-0.2, 0) is 16.1 Å². The molecule has 0 saturated heterocycles. The van der Waals surface area contributed by atoms with E-state index >= 15 is 0 Å². The van der Waals surface area contributed by atoms with Crippen molar-refractivity contribution >= 4 is 23.0 Å². The summed E-state index contributed by atoms with van der Waals surface area (Å²) < 4.78 is 0. The lowest BCUT2D eigenvalue weighted by Crippen LogP contribution is -2.57. The summed E-state index contributed by atoms with van der Waals surface area (Å²) in [4.78, 5) is 27.4. The van der Waals surface area contributed by atoms with Gasteiger partial charge in [-0.15, -0.1) is 11.3 Å². The van der Waals surface area contributed by atoms with Crippen LogP contribution in [0.4, 0.5) is 0 Å². The first-order valence-corrected chi connectivity index (χ1v) is 14.1. The Bertz CT molecular complexity index is 884. The summed E-state index contributed by atoms with van der Waals surface area (Å²) in [6, 6.07) is 4.09. The zero-order valence-corrected chi connectivity index (χ0v) is 21.3. The van der Waals surface area contributed by atoms with Crippen LogP contribution in [0.1, 0.15) is 83.4 Å². The average molecular weight is 472 g/mol. The molecule has 0 aromatic carbocycles. The average Bonchev–Trinajstić information content (AvgIpc) is 3.41. The molecule has 0 radical (unpaired) electrons. The molecule has 0 unspecified atom stereocenters. The molecular formula is C28H41NO3S. The molecule has 5 heteroatoms. The lowest BCUT2D eigenvalue weighted by molar-refractivity contribution is -0.161. The van der Waals surface area contributed by atoms with Gasteiger partial charge in [0.15, 0.2) is 0 Å². The normalized spacial score (nSPS) is 43.3. The van der Waals surface area contributed by atoms with Crippen LogP contribution in [0.15, 0.2) is 17.5 Å². The molecule has 4 fully saturated rings. The summed E-state index contributed by atoms with van der Waals surface area (Å²) in [5, 5.41) is 15.4. The Morgan fingerprint density at radius 1 is 1.18 bits per heavy atom. The molecule has 0 aliphatic heterocycles. The van der Waals surface area contributed by atoms with Gasteiger partial charge in [-0.2, -0.15) is 0 Å². The number of carbonyl (C=O) groups is 2. The van der Waals surface area contributed by atoms with E-state index in [2.05, 4.69) is 32.2 Å². The maximum absolute atomic E-state index is 13.5. The molecule has 5 rings (SSSR count). The van der Waals surface area contributed by atoms with Crippen molar-refractivity contribution in [3.63, 3.8) is 0 Å². The van der Waals surface area contributed by atoms with E-state index in [1.54, 1.807) is 11.3 Å². The number of aliphatic hydroxyl groups excluding tert-OH is 1. The fourth-order valence-electron chi connectivity index (χ4n) is 8.99. The monoisotopic (exact) mass is 471 g/mol. The lowest BCUT2D eigenvalue weighted by Gasteiger charge is -2.60. The van der Waals surface area contributed by atoms with E-state index in [1.807, 2.05) is 11.4 Å². The van der Waals surface area contributed by atoms with E-state index in [9.17, 15) is 14.7 Å². The van der Waals surface area contributed by atoms with Gasteiger partial charge in [0.2, 0.25) is 5.91 Å². The molecule has 0 spiro atoms. The Hall–Kier alpha value is -1.20. The molecule has 4 aliphatic rings. The van der Waals surface area contributed by atoms with Crippen molar-refractivity contribution in [2.45, 2.75) is 91.2 Å². The highest BCUT2D eigenvalue weighted by Crippen LogP contribution is 2.67. The van der Waals surface area contributed by atoms with Gasteiger partial charge in [-0.05, 0) is 96.8 Å². The quantitative estimate of drug-likeness (QED) is 0.588. The number of fused-ring (bicyclic) bond motifs is 5. The highest BCUT2D eigenvalue weighted by molar-refractivity contribution is 7.09. The standard InChI is InChI=1S/C28H41NO3S/c1-17(13-25(32)29-16-20-5-4-12-33-20)21-6-7-22-26-23(9-11-28(21,22)3)27(2)10-8-19(30)14-18(27)15-24(26)31/h4-5,12,17-19,21-23,26,30H,6-11,13-16H2,1-3H3,(H,29,32)/t17-,18+,19-,21-,22+,23+,26+,27+,28-/m1/s1. The van der Waals surface area contributed by atoms with Gasteiger partial charge in [-0.1, -0.05) is 26.8 Å². The van der Waals surface area contributed by atoms with Crippen molar-refractivity contribution in [2.75, 3.05) is 0 Å². The van der Waals surface area contributed by atoms with Gasteiger partial charge in [-0.3, -0.25) is 9.59 Å². The summed E-state index contributed by atoms with van der Waals surface area (Å²) in [5.41, 5.74) is 0.381. The molecule has 1 aromatic heterocycles. The predicted molar refractivity (Wildman–Crippen MR) is 132 cm³/mol. The maximum atomic E-state index is 13.5. The molecular weight excluding hydrogens is 430 g/mol. The minimum atomic E-state index is -0.219. The van der Waals surface area contributed by atoms with Crippen LogP contribution in [0.5, 0.6) is 0 Å². The van der Waals surface area contributed by atoms with Gasteiger partial charge >= 0.3 is 0 Å². The van der Waals surface area contributed by atoms with Crippen LogP contribution < -0.4 is 5.32 Å². The summed E-state index contributed by atoms with van der Waals surface area (Å²) in [6.45, 7) is 7.76. The number of nitrogens with one attached hydrogen (secondary N) is 1. The molecule has 182 valence electrons. The Morgan fingerprint density at radius 2 is 1.94 bits per heavy atom. The van der Waals surface area contributed by atoms with Crippen LogP contribution in [0.3, 0.4) is 0 Å². The van der Waals surface area contributed by atoms with Crippen molar-refractivity contribution in [2.24, 2.45) is 46.3 Å². The maximum Gasteiger partial charge on any atom is 0.220 e. The summed E-state index contributed by atoms with van der Waals surface area (Å²) in [5.74, 6) is 3.00. The number of hydrogen-bond acceptors (Lipinski definition) is 4. The lowest BCUT2D eigenvalue weighted by atomic mass is 9.44. The highest BCUT2D eigenvalue weighted by atomic mass is 32.1. The second kappa shape index (κ2) is 8.78. The summed E-state index contributed by atoms with van der Waals surface area (Å²) in [7, 11) is 0. The van der Waals surface area contributed by atoms with Crippen LogP contribution in [-0.4, -0.2) is 22.9 Å². The van der Waals surface area contributed by atoms with Crippen molar-refractivity contribution in [1.82, 2.24) is 5.32 Å². The van der Waals surface area contributed by atoms with E-state index in [-0.39, 0.29) is 28.8 Å². The number of rotatable bonds is 5. The summed E-state index contributed by atoms with van der Waals surface area (Å²) in [6.07, 6.45) is 8.42. The Balaban J connectivity index is 1.28. The van der Waals surface area contributed by atoms with Gasteiger partial charge in [0.1, 0.15) is 5.78 Å². The number of thiophene rings is 1. The topological polar surface area (TPSA) is 66.4 Å². The first-order valence-electron chi connectivity index (χ1n) is 13.2. The van der Waals surface area contributed by atoms with E-state index in [0.29, 0.717) is 54.8 Å². The zero-order valence-electron chi connectivity index (χ0n) is 20.5. The Morgan fingerprint density at radius 3 is 2.70 bits per heavy atom. The fourth-order valence-corrected chi connectivity index (χ4v) is 9.63. The fraction of sp³-hybridized carbons (Fsp3) is 0.786. The van der Waals surface area contributed by atoms with Crippen molar-refractivity contribution < 1.29 is 14.7 Å². The molecule has 4 nitrogen and oxygen atoms in total. The number of amides is 1. The van der Waals surface area contributed by atoms with Crippen LogP contribution in [0.25, 0.3) is 0 Å². The molecule has 33 heavy (non-hydrogen) atoms. The predicted octanol–water partition coefficient (Wildman–Crippen LogP) is 5.59. The highest BCUT2D eigenvalue weighted by Gasteiger charge is 2.63. The third-order valence-corrected chi connectivity index (χ3v) is 11.6. The van der Waals surface area contributed by atoms with Crippen LogP contribution in [0, 0.1) is 46.3 Å². The molecule has 4 saturated carbocycles. The third kappa shape index (κ3) is 4.01. The van der Waals surface area contributed by atoms with E-state index in [1.165, 1.54) is 11.3 Å². The van der Waals surface area contributed by atoms with E-state index in [4.69, 9.17) is 0 Å². The molecule has 1 amide bonds. The molecule has 2 N–H and O–H groups in total. The summed E-state index contributed by atoms with van der Waals surface area (Å²) >= 11 is 1.68. The SMILES string of the molecule is C[C@H](CC(=O)NCc1cccs1)[C@H]1CC[C@H]2[C@@H]3C(=O)C[C@@H]4C[C@H](O)CC[C@]4(C)[C@H]3CC[C@]12C. The molecule has 1 aromatic rings. The first-order chi connectivity index (χ1) is 15.7. The minimum absolute atomic E-state index is 0.154. The Labute approximate surface area is 202 Å². The van der Waals surface area contributed by atoms with Gasteiger partial charge in [0.05, 0.1) is 12.6 Å². The van der Waals surface area contributed by atoms with Crippen molar-refractivity contribution in [3.05, 3.63) is 22.4 Å². The smallest absolute Gasteiger partial charge is 0.220 e. The molecule has 4 aliphatic carbocycles. The second-order valence-corrected chi connectivity index (χ2v) is 13.3. The molecule has 1 heterocycles. The number of aliphatic hydroxyl groups is 1.